The zero-order valence-corrected chi connectivity index (χ0v) is 9.16. The molecular formula is C12H10ClNO2. The molecule has 0 radical (unpaired) electrons. The van der Waals surface area contributed by atoms with E-state index in [0.717, 1.165) is 11.3 Å². The molecule has 0 atom stereocenters. The summed E-state index contributed by atoms with van der Waals surface area (Å²) in [5.41, 5.74) is 2.11. The number of benzene rings is 1. The molecular weight excluding hydrogens is 226 g/mol. The second kappa shape index (κ2) is 4.41. The van der Waals surface area contributed by atoms with Crippen LogP contribution >= 0.6 is 11.6 Å². The van der Waals surface area contributed by atoms with Crippen molar-refractivity contribution in [1.82, 2.24) is 4.98 Å². The molecule has 0 bridgehead atoms. The average Bonchev–Trinajstić information content (AvgIpc) is 2.66. The van der Waals surface area contributed by atoms with Gasteiger partial charge in [0.2, 0.25) is 0 Å². The summed E-state index contributed by atoms with van der Waals surface area (Å²) in [4.78, 5) is 13.5. The molecule has 1 aromatic carbocycles. The molecule has 2 rings (SSSR count). The SMILES string of the molecule is O=C(O)c1ccc(Cc2cccc(Cl)c2)[nH]1. The maximum absolute atomic E-state index is 10.7. The van der Waals surface area contributed by atoms with Crippen molar-refractivity contribution in [2.24, 2.45) is 0 Å². The van der Waals surface area contributed by atoms with Gasteiger partial charge in [-0.2, -0.15) is 0 Å². The lowest BCUT2D eigenvalue weighted by atomic mass is 10.1. The van der Waals surface area contributed by atoms with Crippen molar-refractivity contribution < 1.29 is 9.90 Å². The maximum atomic E-state index is 10.7. The van der Waals surface area contributed by atoms with Gasteiger partial charge in [0.1, 0.15) is 5.69 Å². The third-order valence-corrected chi connectivity index (χ3v) is 2.50. The maximum Gasteiger partial charge on any atom is 0.352 e. The molecule has 0 unspecified atom stereocenters. The van der Waals surface area contributed by atoms with E-state index < -0.39 is 5.97 Å². The average molecular weight is 236 g/mol. The van der Waals surface area contributed by atoms with Gasteiger partial charge in [-0.25, -0.2) is 4.79 Å². The first-order chi connectivity index (χ1) is 7.65. The molecule has 4 heteroatoms. The van der Waals surface area contributed by atoms with E-state index in [4.69, 9.17) is 16.7 Å². The van der Waals surface area contributed by atoms with E-state index in [1.165, 1.54) is 0 Å². The summed E-state index contributed by atoms with van der Waals surface area (Å²) >= 11 is 5.86. The van der Waals surface area contributed by atoms with Crippen LogP contribution in [0, 0.1) is 0 Å². The van der Waals surface area contributed by atoms with E-state index in [-0.39, 0.29) is 5.69 Å². The van der Waals surface area contributed by atoms with E-state index >= 15 is 0 Å². The predicted molar refractivity (Wildman–Crippen MR) is 62.0 cm³/mol. The molecule has 1 heterocycles. The number of carbonyl (C=O) groups is 1. The highest BCUT2D eigenvalue weighted by molar-refractivity contribution is 6.30. The van der Waals surface area contributed by atoms with Crippen LogP contribution in [0.1, 0.15) is 21.7 Å². The van der Waals surface area contributed by atoms with Crippen LogP contribution in [-0.2, 0) is 6.42 Å². The van der Waals surface area contributed by atoms with Gasteiger partial charge in [-0.3, -0.25) is 0 Å². The molecule has 0 fully saturated rings. The van der Waals surface area contributed by atoms with Crippen molar-refractivity contribution in [3.63, 3.8) is 0 Å². The summed E-state index contributed by atoms with van der Waals surface area (Å²) in [6.07, 6.45) is 0.647. The van der Waals surface area contributed by atoms with Gasteiger partial charge in [0.25, 0.3) is 0 Å². The van der Waals surface area contributed by atoms with E-state index in [2.05, 4.69) is 4.98 Å². The van der Waals surface area contributed by atoms with Crippen LogP contribution in [0.2, 0.25) is 5.02 Å². The fourth-order valence-electron chi connectivity index (χ4n) is 1.53. The highest BCUT2D eigenvalue weighted by Crippen LogP contribution is 2.14. The number of aromatic carboxylic acids is 1. The highest BCUT2D eigenvalue weighted by Gasteiger charge is 2.06. The number of hydrogen-bond donors (Lipinski definition) is 2. The Morgan fingerprint density at radius 1 is 1.31 bits per heavy atom. The minimum Gasteiger partial charge on any atom is -0.477 e. The molecule has 0 saturated heterocycles. The Labute approximate surface area is 97.7 Å². The van der Waals surface area contributed by atoms with Gasteiger partial charge in [0.05, 0.1) is 0 Å². The molecule has 0 aliphatic heterocycles. The van der Waals surface area contributed by atoms with Gasteiger partial charge >= 0.3 is 5.97 Å². The number of halogens is 1. The summed E-state index contributed by atoms with van der Waals surface area (Å²) in [6, 6.07) is 10.8. The number of H-pyrrole nitrogens is 1. The standard InChI is InChI=1S/C12H10ClNO2/c13-9-3-1-2-8(6-9)7-10-4-5-11(14-10)12(15)16/h1-6,14H,7H2,(H,15,16). The zero-order chi connectivity index (χ0) is 11.5. The monoisotopic (exact) mass is 235 g/mol. The van der Waals surface area contributed by atoms with Gasteiger partial charge in [0.15, 0.2) is 0 Å². The fraction of sp³-hybridized carbons (Fsp3) is 0.0833. The van der Waals surface area contributed by atoms with Crippen LogP contribution < -0.4 is 0 Å². The van der Waals surface area contributed by atoms with Crippen molar-refractivity contribution >= 4 is 17.6 Å². The lowest BCUT2D eigenvalue weighted by Gasteiger charge is -1.99. The molecule has 2 aromatic rings. The normalized spacial score (nSPS) is 10.3. The van der Waals surface area contributed by atoms with Crippen LogP contribution in [0.5, 0.6) is 0 Å². The van der Waals surface area contributed by atoms with Gasteiger partial charge < -0.3 is 10.1 Å². The number of rotatable bonds is 3. The molecule has 0 spiro atoms. The molecule has 2 N–H and O–H groups in total. The molecule has 1 aromatic heterocycles. The number of aromatic amines is 1. The van der Waals surface area contributed by atoms with Gasteiger partial charge in [-0.05, 0) is 29.8 Å². The first-order valence-corrected chi connectivity index (χ1v) is 5.18. The van der Waals surface area contributed by atoms with E-state index in [9.17, 15) is 4.79 Å². The quantitative estimate of drug-likeness (QED) is 0.859. The van der Waals surface area contributed by atoms with E-state index in [0.29, 0.717) is 11.4 Å². The van der Waals surface area contributed by atoms with Gasteiger partial charge in [0, 0.05) is 17.1 Å². The predicted octanol–water partition coefficient (Wildman–Crippen LogP) is 2.96. The highest BCUT2D eigenvalue weighted by atomic mass is 35.5. The summed E-state index contributed by atoms with van der Waals surface area (Å²) < 4.78 is 0. The number of hydrogen-bond acceptors (Lipinski definition) is 1. The Kier molecular flexibility index (Phi) is 2.97. The Hall–Kier alpha value is -1.74. The van der Waals surface area contributed by atoms with E-state index in [1.54, 1.807) is 12.1 Å². The molecule has 0 amide bonds. The molecule has 16 heavy (non-hydrogen) atoms. The summed E-state index contributed by atoms with van der Waals surface area (Å²) in [6.45, 7) is 0. The minimum atomic E-state index is -0.947. The molecule has 0 saturated carbocycles. The largest absolute Gasteiger partial charge is 0.477 e. The Bertz CT molecular complexity index is 519. The van der Waals surface area contributed by atoms with Crippen molar-refractivity contribution in [1.29, 1.82) is 0 Å². The summed E-state index contributed by atoms with van der Waals surface area (Å²) in [5.74, 6) is -0.947. The minimum absolute atomic E-state index is 0.206. The molecule has 3 nitrogen and oxygen atoms in total. The van der Waals surface area contributed by atoms with E-state index in [1.807, 2.05) is 24.3 Å². The van der Waals surface area contributed by atoms with Crippen LogP contribution in [0.15, 0.2) is 36.4 Å². The lowest BCUT2D eigenvalue weighted by molar-refractivity contribution is 0.0691. The van der Waals surface area contributed by atoms with Crippen LogP contribution in [0.4, 0.5) is 0 Å². The third kappa shape index (κ3) is 2.44. The molecule has 82 valence electrons. The fourth-order valence-corrected chi connectivity index (χ4v) is 1.75. The smallest absolute Gasteiger partial charge is 0.352 e. The zero-order valence-electron chi connectivity index (χ0n) is 8.40. The second-order valence-electron chi connectivity index (χ2n) is 3.51. The summed E-state index contributed by atoms with van der Waals surface area (Å²) in [7, 11) is 0. The first kappa shape index (κ1) is 10.8. The second-order valence-corrected chi connectivity index (χ2v) is 3.95. The van der Waals surface area contributed by atoms with Crippen LogP contribution in [0.3, 0.4) is 0 Å². The third-order valence-electron chi connectivity index (χ3n) is 2.26. The summed E-state index contributed by atoms with van der Waals surface area (Å²) in [5, 5.41) is 9.44. The number of nitrogens with one attached hydrogen (secondary N) is 1. The van der Waals surface area contributed by atoms with Crippen molar-refractivity contribution in [2.45, 2.75) is 6.42 Å². The van der Waals surface area contributed by atoms with Crippen molar-refractivity contribution in [3.05, 3.63) is 58.4 Å². The Morgan fingerprint density at radius 2 is 2.12 bits per heavy atom. The van der Waals surface area contributed by atoms with Gasteiger partial charge in [-0.15, -0.1) is 0 Å². The molecule has 0 aliphatic carbocycles. The number of aromatic nitrogens is 1. The first-order valence-electron chi connectivity index (χ1n) is 4.81. The van der Waals surface area contributed by atoms with Crippen LogP contribution in [-0.4, -0.2) is 16.1 Å². The number of carboxylic acids is 1. The number of carboxylic acid groups (broad SMARTS) is 1. The van der Waals surface area contributed by atoms with Crippen molar-refractivity contribution in [3.8, 4) is 0 Å². The Balaban J connectivity index is 2.17. The topological polar surface area (TPSA) is 53.1 Å². The Morgan fingerprint density at radius 3 is 2.75 bits per heavy atom. The lowest BCUT2D eigenvalue weighted by Crippen LogP contribution is -1.97. The molecule has 0 aliphatic rings. The van der Waals surface area contributed by atoms with Crippen LogP contribution in [0.25, 0.3) is 0 Å². The van der Waals surface area contributed by atoms with Gasteiger partial charge in [-0.1, -0.05) is 23.7 Å². The van der Waals surface area contributed by atoms with Crippen molar-refractivity contribution in [2.75, 3.05) is 0 Å².